The summed E-state index contributed by atoms with van der Waals surface area (Å²) >= 11 is 0. The first-order valence-electron chi connectivity index (χ1n) is 6.81. The number of piperidine rings is 1. The third-order valence-corrected chi connectivity index (χ3v) is 3.62. The molecular formula is C15H22N2O2. The van der Waals surface area contributed by atoms with Gasteiger partial charge in [-0.15, -0.1) is 0 Å². The Morgan fingerprint density at radius 2 is 2.37 bits per heavy atom. The van der Waals surface area contributed by atoms with Crippen molar-refractivity contribution >= 4 is 12.1 Å². The number of likely N-dealkylation sites (tertiary alicyclic amines) is 1. The van der Waals surface area contributed by atoms with Gasteiger partial charge in [0, 0.05) is 18.2 Å². The number of hydrogen-bond acceptors (Lipinski definition) is 3. The molecule has 0 bridgehead atoms. The van der Waals surface area contributed by atoms with Crippen LogP contribution in [-0.2, 0) is 4.79 Å². The highest BCUT2D eigenvalue weighted by Crippen LogP contribution is 2.22. The third kappa shape index (κ3) is 3.96. The maximum atomic E-state index is 10.4. The van der Waals surface area contributed by atoms with Gasteiger partial charge in [-0.05, 0) is 57.1 Å². The molecule has 1 fully saturated rings. The maximum Gasteiger partial charge on any atom is 0.211 e. The summed E-state index contributed by atoms with van der Waals surface area (Å²) in [6.45, 7) is 5.04. The van der Waals surface area contributed by atoms with Gasteiger partial charge in [0.2, 0.25) is 6.41 Å². The monoisotopic (exact) mass is 262 g/mol. The summed E-state index contributed by atoms with van der Waals surface area (Å²) < 4.78 is 5.86. The zero-order chi connectivity index (χ0) is 13.7. The number of carbonyl (C=O) groups excluding carboxylic acids is 1. The number of benzene rings is 1. The lowest BCUT2D eigenvalue weighted by Crippen LogP contribution is -2.34. The number of ether oxygens (including phenoxy) is 1. The molecule has 104 valence electrons. The molecule has 1 aromatic carbocycles. The van der Waals surface area contributed by atoms with Crippen molar-refractivity contribution in [3.63, 3.8) is 0 Å². The molecule has 1 aromatic rings. The lowest BCUT2D eigenvalue weighted by Gasteiger charge is -2.29. The molecule has 19 heavy (non-hydrogen) atoms. The Balaban J connectivity index is 1.88. The van der Waals surface area contributed by atoms with Gasteiger partial charge in [-0.2, -0.15) is 0 Å². The van der Waals surface area contributed by atoms with Gasteiger partial charge in [0.1, 0.15) is 5.75 Å². The molecule has 0 saturated carbocycles. The van der Waals surface area contributed by atoms with Gasteiger partial charge in [0.15, 0.2) is 0 Å². The van der Waals surface area contributed by atoms with Crippen molar-refractivity contribution in [2.45, 2.75) is 19.8 Å². The Hall–Kier alpha value is -1.55. The van der Waals surface area contributed by atoms with Crippen molar-refractivity contribution in [2.24, 2.45) is 5.92 Å². The summed E-state index contributed by atoms with van der Waals surface area (Å²) in [6, 6.07) is 5.76. The Morgan fingerprint density at radius 1 is 1.53 bits per heavy atom. The van der Waals surface area contributed by atoms with Crippen LogP contribution in [0.4, 0.5) is 5.69 Å². The van der Waals surface area contributed by atoms with Gasteiger partial charge in [0.25, 0.3) is 0 Å². The lowest BCUT2D eigenvalue weighted by molar-refractivity contribution is -0.105. The van der Waals surface area contributed by atoms with Crippen LogP contribution in [-0.4, -0.2) is 38.1 Å². The predicted molar refractivity (Wildman–Crippen MR) is 76.6 cm³/mol. The first kappa shape index (κ1) is 13.9. The fraction of sp³-hybridized carbons (Fsp3) is 0.533. The molecule has 0 aromatic heterocycles. The summed E-state index contributed by atoms with van der Waals surface area (Å²) in [5.74, 6) is 1.49. The Kier molecular flexibility index (Phi) is 4.80. The fourth-order valence-corrected chi connectivity index (χ4v) is 2.57. The second-order valence-corrected chi connectivity index (χ2v) is 5.32. The summed E-state index contributed by atoms with van der Waals surface area (Å²) in [7, 11) is 2.16. The lowest BCUT2D eigenvalue weighted by atomic mass is 9.99. The molecule has 1 amide bonds. The zero-order valence-corrected chi connectivity index (χ0v) is 11.7. The van der Waals surface area contributed by atoms with E-state index in [4.69, 9.17) is 4.74 Å². The molecule has 1 N–H and O–H groups in total. The number of aryl methyl sites for hydroxylation is 1. The van der Waals surface area contributed by atoms with Gasteiger partial charge >= 0.3 is 0 Å². The second-order valence-electron chi connectivity index (χ2n) is 5.32. The average Bonchev–Trinajstić information content (AvgIpc) is 2.39. The van der Waals surface area contributed by atoms with E-state index in [0.29, 0.717) is 12.3 Å². The minimum atomic E-state index is 0.617. The summed E-state index contributed by atoms with van der Waals surface area (Å²) in [6.07, 6.45) is 3.20. The minimum Gasteiger partial charge on any atom is -0.493 e. The number of amides is 1. The van der Waals surface area contributed by atoms with E-state index in [-0.39, 0.29) is 0 Å². The topological polar surface area (TPSA) is 41.6 Å². The van der Waals surface area contributed by atoms with Crippen molar-refractivity contribution in [2.75, 3.05) is 32.1 Å². The first-order valence-corrected chi connectivity index (χ1v) is 6.81. The molecule has 0 radical (unpaired) electrons. The number of nitrogens with one attached hydrogen (secondary N) is 1. The van der Waals surface area contributed by atoms with Crippen LogP contribution >= 0.6 is 0 Å². The Labute approximate surface area is 114 Å². The van der Waals surface area contributed by atoms with Crippen molar-refractivity contribution in [3.8, 4) is 5.75 Å². The van der Waals surface area contributed by atoms with Crippen molar-refractivity contribution in [1.29, 1.82) is 0 Å². The molecular weight excluding hydrogens is 240 g/mol. The molecule has 1 unspecified atom stereocenters. The quantitative estimate of drug-likeness (QED) is 0.828. The number of nitrogens with zero attached hydrogens (tertiary/aromatic N) is 1. The fourth-order valence-electron chi connectivity index (χ4n) is 2.57. The van der Waals surface area contributed by atoms with E-state index in [1.54, 1.807) is 0 Å². The number of carbonyl (C=O) groups is 1. The van der Waals surface area contributed by atoms with Gasteiger partial charge in [0.05, 0.1) is 6.61 Å². The summed E-state index contributed by atoms with van der Waals surface area (Å²) in [5, 5.41) is 2.67. The van der Waals surface area contributed by atoms with Crippen LogP contribution < -0.4 is 10.1 Å². The molecule has 1 heterocycles. The first-order chi connectivity index (χ1) is 9.19. The van der Waals surface area contributed by atoms with E-state index in [1.807, 2.05) is 25.1 Å². The van der Waals surface area contributed by atoms with Gasteiger partial charge in [-0.3, -0.25) is 4.79 Å². The molecule has 1 aliphatic heterocycles. The van der Waals surface area contributed by atoms with Crippen LogP contribution in [0.25, 0.3) is 0 Å². The Morgan fingerprint density at radius 3 is 3.05 bits per heavy atom. The van der Waals surface area contributed by atoms with Crippen molar-refractivity contribution in [1.82, 2.24) is 4.90 Å². The normalized spacial score (nSPS) is 20.0. The van der Waals surface area contributed by atoms with Crippen LogP contribution in [0.5, 0.6) is 5.75 Å². The SMILES string of the molecule is Cc1cc(OCC2CCCN(C)C2)ccc1NC=O. The maximum absolute atomic E-state index is 10.4. The highest BCUT2D eigenvalue weighted by molar-refractivity contribution is 5.73. The molecule has 2 rings (SSSR count). The van der Waals surface area contributed by atoms with E-state index >= 15 is 0 Å². The molecule has 0 spiro atoms. The standard InChI is InChI=1S/C15H22N2O2/c1-12-8-14(5-6-15(12)16-11-18)19-10-13-4-3-7-17(2)9-13/h5-6,8,11,13H,3-4,7,9-10H2,1-2H3,(H,16,18). The van der Waals surface area contributed by atoms with Gasteiger partial charge in [-0.1, -0.05) is 0 Å². The van der Waals surface area contributed by atoms with E-state index in [2.05, 4.69) is 17.3 Å². The molecule has 1 aliphatic rings. The van der Waals surface area contributed by atoms with Gasteiger partial charge in [-0.25, -0.2) is 0 Å². The zero-order valence-electron chi connectivity index (χ0n) is 11.7. The average molecular weight is 262 g/mol. The number of hydrogen-bond donors (Lipinski definition) is 1. The number of rotatable bonds is 5. The molecule has 0 aliphatic carbocycles. The molecule has 1 saturated heterocycles. The van der Waals surface area contributed by atoms with Crippen LogP contribution in [0.1, 0.15) is 18.4 Å². The van der Waals surface area contributed by atoms with Crippen LogP contribution in [0.3, 0.4) is 0 Å². The van der Waals surface area contributed by atoms with Crippen molar-refractivity contribution < 1.29 is 9.53 Å². The van der Waals surface area contributed by atoms with E-state index in [9.17, 15) is 4.79 Å². The highest BCUT2D eigenvalue weighted by Gasteiger charge is 2.17. The second kappa shape index (κ2) is 6.57. The van der Waals surface area contributed by atoms with E-state index in [1.165, 1.54) is 19.4 Å². The number of anilines is 1. The van der Waals surface area contributed by atoms with Gasteiger partial charge < -0.3 is 15.0 Å². The third-order valence-electron chi connectivity index (χ3n) is 3.62. The van der Waals surface area contributed by atoms with Crippen LogP contribution in [0.2, 0.25) is 0 Å². The largest absolute Gasteiger partial charge is 0.493 e. The van der Waals surface area contributed by atoms with E-state index in [0.717, 1.165) is 30.2 Å². The molecule has 4 heteroatoms. The smallest absolute Gasteiger partial charge is 0.211 e. The van der Waals surface area contributed by atoms with E-state index < -0.39 is 0 Å². The minimum absolute atomic E-state index is 0.617. The highest BCUT2D eigenvalue weighted by atomic mass is 16.5. The Bertz CT molecular complexity index is 434. The van der Waals surface area contributed by atoms with Crippen LogP contribution in [0, 0.1) is 12.8 Å². The molecule has 4 nitrogen and oxygen atoms in total. The summed E-state index contributed by atoms with van der Waals surface area (Å²) in [5.41, 5.74) is 1.85. The van der Waals surface area contributed by atoms with Crippen molar-refractivity contribution in [3.05, 3.63) is 23.8 Å². The molecule has 1 atom stereocenters. The van der Waals surface area contributed by atoms with Crippen LogP contribution in [0.15, 0.2) is 18.2 Å². The predicted octanol–water partition coefficient (Wildman–Crippen LogP) is 2.28. The summed E-state index contributed by atoms with van der Waals surface area (Å²) in [4.78, 5) is 12.8.